The number of likely N-dealkylation sites (N-methyl/N-ethyl adjacent to an activating group) is 1. The predicted molar refractivity (Wildman–Crippen MR) is 103 cm³/mol. The summed E-state index contributed by atoms with van der Waals surface area (Å²) in [5.74, 6) is 1.02. The maximum atomic E-state index is 12.5. The molecule has 0 unspecified atom stereocenters. The molecular formula is C19H23N3O4S. The Morgan fingerprint density at radius 1 is 0.963 bits per heavy atom. The third-order valence-electron chi connectivity index (χ3n) is 4.93. The van der Waals surface area contributed by atoms with Gasteiger partial charge in [0, 0.05) is 44.5 Å². The lowest BCUT2D eigenvalue weighted by Gasteiger charge is -2.34. The summed E-state index contributed by atoms with van der Waals surface area (Å²) in [4.78, 5) is 4.83. The summed E-state index contributed by atoms with van der Waals surface area (Å²) < 4.78 is 38.2. The van der Waals surface area contributed by atoms with Crippen LogP contribution in [0.5, 0.6) is 11.5 Å². The molecule has 0 saturated carbocycles. The second-order valence-corrected chi connectivity index (χ2v) is 8.56. The van der Waals surface area contributed by atoms with Gasteiger partial charge in [0.05, 0.1) is 4.90 Å². The van der Waals surface area contributed by atoms with Crippen molar-refractivity contribution in [3.05, 3.63) is 48.0 Å². The van der Waals surface area contributed by atoms with Gasteiger partial charge < -0.3 is 19.3 Å². The topological polar surface area (TPSA) is 71.1 Å². The Labute approximate surface area is 159 Å². The van der Waals surface area contributed by atoms with Crippen molar-refractivity contribution in [3.63, 3.8) is 0 Å². The second-order valence-electron chi connectivity index (χ2n) is 6.80. The Kier molecular flexibility index (Phi) is 4.94. The number of hydrogen-bond donors (Lipinski definition) is 1. The second kappa shape index (κ2) is 7.38. The maximum Gasteiger partial charge on any atom is 0.241 e. The van der Waals surface area contributed by atoms with E-state index in [1.165, 1.54) is 17.8 Å². The lowest BCUT2D eigenvalue weighted by molar-refractivity contribution is 0.174. The quantitative estimate of drug-likeness (QED) is 0.839. The normalized spacial score (nSPS) is 17.3. The number of anilines is 1. The van der Waals surface area contributed by atoms with Gasteiger partial charge in [-0.25, -0.2) is 13.1 Å². The number of nitrogens with one attached hydrogen (secondary N) is 1. The van der Waals surface area contributed by atoms with Gasteiger partial charge in [-0.05, 0) is 36.9 Å². The van der Waals surface area contributed by atoms with Crippen LogP contribution in [0.3, 0.4) is 0 Å². The standard InChI is InChI=1S/C19H23N3O4S/c1-21-8-10-22(11-9-21)16-4-2-15(3-5-16)13-20-27(23,24)17-6-7-18-19(12-17)26-14-25-18/h2-7,12,20H,8-11,13-14H2,1H3. The van der Waals surface area contributed by atoms with Gasteiger partial charge >= 0.3 is 0 Å². The largest absolute Gasteiger partial charge is 0.454 e. The van der Waals surface area contributed by atoms with Crippen LogP contribution in [0.1, 0.15) is 5.56 Å². The molecule has 27 heavy (non-hydrogen) atoms. The molecule has 2 aliphatic heterocycles. The average Bonchev–Trinajstić information content (AvgIpc) is 3.15. The molecule has 1 saturated heterocycles. The highest BCUT2D eigenvalue weighted by molar-refractivity contribution is 7.89. The summed E-state index contributed by atoms with van der Waals surface area (Å²) in [5, 5.41) is 0. The Morgan fingerprint density at radius 2 is 1.67 bits per heavy atom. The Balaban J connectivity index is 1.39. The molecule has 2 aromatic rings. The minimum Gasteiger partial charge on any atom is -0.454 e. The van der Waals surface area contributed by atoms with Crippen LogP contribution in [0.2, 0.25) is 0 Å². The van der Waals surface area contributed by atoms with Crippen molar-refractivity contribution in [2.45, 2.75) is 11.4 Å². The van der Waals surface area contributed by atoms with Crippen molar-refractivity contribution >= 4 is 15.7 Å². The first-order valence-corrected chi connectivity index (χ1v) is 10.4. The molecule has 144 valence electrons. The zero-order valence-electron chi connectivity index (χ0n) is 15.2. The third-order valence-corrected chi connectivity index (χ3v) is 6.32. The molecule has 1 N–H and O–H groups in total. The molecule has 0 spiro atoms. The van der Waals surface area contributed by atoms with Gasteiger partial charge in [-0.2, -0.15) is 0 Å². The number of benzene rings is 2. The number of rotatable bonds is 5. The molecule has 0 radical (unpaired) electrons. The van der Waals surface area contributed by atoms with E-state index in [-0.39, 0.29) is 18.2 Å². The number of hydrogen-bond acceptors (Lipinski definition) is 6. The zero-order chi connectivity index (χ0) is 18.9. The summed E-state index contributed by atoms with van der Waals surface area (Å²) in [6.07, 6.45) is 0. The van der Waals surface area contributed by atoms with Crippen molar-refractivity contribution in [2.24, 2.45) is 0 Å². The molecule has 0 atom stereocenters. The highest BCUT2D eigenvalue weighted by atomic mass is 32.2. The predicted octanol–water partition coefficient (Wildman–Crippen LogP) is 1.65. The monoisotopic (exact) mass is 389 g/mol. The molecule has 0 amide bonds. The molecule has 7 nitrogen and oxygen atoms in total. The summed E-state index contributed by atoms with van der Waals surface area (Å²) in [6, 6.07) is 12.7. The van der Waals surface area contributed by atoms with Crippen molar-refractivity contribution in [1.82, 2.24) is 9.62 Å². The lowest BCUT2D eigenvalue weighted by atomic mass is 10.2. The molecule has 0 aromatic heterocycles. The molecule has 2 aromatic carbocycles. The van der Waals surface area contributed by atoms with Crippen LogP contribution >= 0.6 is 0 Å². The van der Waals surface area contributed by atoms with Crippen molar-refractivity contribution in [1.29, 1.82) is 0 Å². The van der Waals surface area contributed by atoms with Crippen LogP contribution in [-0.2, 0) is 16.6 Å². The molecule has 1 fully saturated rings. The third kappa shape index (κ3) is 4.02. The number of ether oxygens (including phenoxy) is 2. The minimum absolute atomic E-state index is 0.117. The van der Waals surface area contributed by atoms with Gasteiger partial charge in [0.1, 0.15) is 0 Å². The number of piperazine rings is 1. The van der Waals surface area contributed by atoms with Gasteiger partial charge in [0.15, 0.2) is 11.5 Å². The van der Waals surface area contributed by atoms with E-state index < -0.39 is 10.0 Å². The fourth-order valence-electron chi connectivity index (χ4n) is 3.19. The maximum absolute atomic E-state index is 12.5. The summed E-state index contributed by atoms with van der Waals surface area (Å²) in [6.45, 7) is 4.47. The smallest absolute Gasteiger partial charge is 0.241 e. The highest BCUT2D eigenvalue weighted by Crippen LogP contribution is 2.33. The molecule has 0 aliphatic carbocycles. The molecule has 8 heteroatoms. The van der Waals surface area contributed by atoms with E-state index in [4.69, 9.17) is 9.47 Å². The Hall–Kier alpha value is -2.29. The summed E-state index contributed by atoms with van der Waals surface area (Å²) >= 11 is 0. The summed E-state index contributed by atoms with van der Waals surface area (Å²) in [5.41, 5.74) is 2.09. The molecule has 2 aliphatic rings. The van der Waals surface area contributed by atoms with Crippen LogP contribution in [0.4, 0.5) is 5.69 Å². The molecule has 4 rings (SSSR count). The van der Waals surface area contributed by atoms with Gasteiger partial charge in [0.25, 0.3) is 0 Å². The zero-order valence-corrected chi connectivity index (χ0v) is 16.0. The fourth-order valence-corrected chi connectivity index (χ4v) is 4.23. The molecule has 0 bridgehead atoms. The van der Waals surface area contributed by atoms with Gasteiger partial charge in [-0.1, -0.05) is 12.1 Å². The lowest BCUT2D eigenvalue weighted by Crippen LogP contribution is -2.44. The van der Waals surface area contributed by atoms with Gasteiger partial charge in [0.2, 0.25) is 16.8 Å². The number of fused-ring (bicyclic) bond motifs is 1. The van der Waals surface area contributed by atoms with Crippen LogP contribution in [0.25, 0.3) is 0 Å². The highest BCUT2D eigenvalue weighted by Gasteiger charge is 2.20. The van der Waals surface area contributed by atoms with E-state index in [2.05, 4.69) is 33.7 Å². The molecule has 2 heterocycles. The number of nitrogens with zero attached hydrogens (tertiary/aromatic N) is 2. The van der Waals surface area contributed by atoms with Crippen molar-refractivity contribution < 1.29 is 17.9 Å². The van der Waals surface area contributed by atoms with Crippen LogP contribution in [-0.4, -0.2) is 53.3 Å². The van der Waals surface area contributed by atoms with Crippen LogP contribution in [0, 0.1) is 0 Å². The minimum atomic E-state index is -3.62. The first-order valence-electron chi connectivity index (χ1n) is 8.93. The van der Waals surface area contributed by atoms with Crippen LogP contribution in [0.15, 0.2) is 47.4 Å². The first-order chi connectivity index (χ1) is 13.0. The Morgan fingerprint density at radius 3 is 2.41 bits per heavy atom. The first kappa shape index (κ1) is 18.1. The average molecular weight is 389 g/mol. The van der Waals surface area contributed by atoms with E-state index in [0.29, 0.717) is 11.5 Å². The summed E-state index contributed by atoms with van der Waals surface area (Å²) in [7, 11) is -1.49. The van der Waals surface area contributed by atoms with Crippen molar-refractivity contribution in [2.75, 3.05) is 44.9 Å². The molecular weight excluding hydrogens is 366 g/mol. The van der Waals surface area contributed by atoms with E-state index >= 15 is 0 Å². The van der Waals surface area contributed by atoms with E-state index in [1.807, 2.05) is 12.1 Å². The van der Waals surface area contributed by atoms with Crippen LogP contribution < -0.4 is 19.1 Å². The van der Waals surface area contributed by atoms with Crippen molar-refractivity contribution in [3.8, 4) is 11.5 Å². The van der Waals surface area contributed by atoms with E-state index in [0.717, 1.165) is 31.7 Å². The SMILES string of the molecule is CN1CCN(c2ccc(CNS(=O)(=O)c3ccc4c(c3)OCO4)cc2)CC1. The van der Waals surface area contributed by atoms with E-state index in [9.17, 15) is 8.42 Å². The van der Waals surface area contributed by atoms with E-state index in [1.54, 1.807) is 6.07 Å². The Bertz CT molecular complexity index is 907. The number of sulfonamides is 1. The fraction of sp³-hybridized carbons (Fsp3) is 0.368. The van der Waals surface area contributed by atoms with Gasteiger partial charge in [-0.15, -0.1) is 0 Å². The van der Waals surface area contributed by atoms with Gasteiger partial charge in [-0.3, -0.25) is 0 Å².